The lowest BCUT2D eigenvalue weighted by atomic mass is 9.78. The van der Waals surface area contributed by atoms with Gasteiger partial charge >= 0.3 is 11.9 Å². The predicted octanol–water partition coefficient (Wildman–Crippen LogP) is 11.0. The molecule has 4 aromatic heterocycles. The highest BCUT2D eigenvalue weighted by molar-refractivity contribution is 6.39. The monoisotopic (exact) mass is 1960 g/mol. The van der Waals surface area contributed by atoms with Crippen LogP contribution >= 0.6 is 0 Å². The molecular formula is C104H157N9O27. The van der Waals surface area contributed by atoms with Crippen molar-refractivity contribution in [3.63, 3.8) is 0 Å². The van der Waals surface area contributed by atoms with Crippen molar-refractivity contribution >= 4 is 69.0 Å². The van der Waals surface area contributed by atoms with Gasteiger partial charge in [0.15, 0.2) is 11.4 Å². The zero-order valence-electron chi connectivity index (χ0n) is 84.6. The number of rotatable bonds is 49. The number of nitrogens with two attached hydrogens (primary N) is 1. The summed E-state index contributed by atoms with van der Waals surface area (Å²) in [6, 6.07) is 9.22. The van der Waals surface area contributed by atoms with E-state index in [2.05, 4.69) is 38.1 Å². The normalized spacial score (nSPS) is 25.5. The smallest absolute Gasteiger partial charge is 0.329 e. The van der Waals surface area contributed by atoms with Gasteiger partial charge < -0.3 is 116 Å². The number of esters is 2. The van der Waals surface area contributed by atoms with Crippen LogP contribution in [0.15, 0.2) is 96.7 Å². The number of carbonyl (C=O) groups is 7. The third-order valence-corrected chi connectivity index (χ3v) is 26.2. The number of ether oxygens (including phenoxy) is 18. The number of nitrogen functional groups attached to an aromatic ring is 1. The lowest BCUT2D eigenvalue weighted by Crippen LogP contribution is -2.61. The number of aromatic amines is 1. The number of pyridine rings is 1. The summed E-state index contributed by atoms with van der Waals surface area (Å²) in [6.45, 7) is 30.2. The molecule has 4 aliphatic heterocycles. The third kappa shape index (κ3) is 37.2. The first-order valence-corrected chi connectivity index (χ1v) is 50.2. The minimum atomic E-state index is -2.46. The molecule has 1 aromatic carbocycles. The number of hydrogen-bond acceptors (Lipinski definition) is 32. The number of piperidine rings is 1. The zero-order chi connectivity index (χ0) is 101. The summed E-state index contributed by atoms with van der Waals surface area (Å²) in [6.07, 6.45) is 17.4. The van der Waals surface area contributed by atoms with Gasteiger partial charge in [0.25, 0.3) is 11.7 Å². The highest BCUT2D eigenvalue weighted by Crippen LogP contribution is 2.40. The summed E-state index contributed by atoms with van der Waals surface area (Å²) < 4.78 is 103. The summed E-state index contributed by atoms with van der Waals surface area (Å²) in [4.78, 5) is 117. The molecular weight excluding hydrogens is 1810 g/mol. The van der Waals surface area contributed by atoms with E-state index in [0.29, 0.717) is 283 Å². The fraction of sp³-hybridized carbons (Fsp3) is 0.683. The van der Waals surface area contributed by atoms with Crippen molar-refractivity contribution in [2.24, 2.45) is 35.5 Å². The van der Waals surface area contributed by atoms with E-state index < -0.39 is 95.9 Å². The van der Waals surface area contributed by atoms with Gasteiger partial charge in [0.05, 0.1) is 175 Å². The van der Waals surface area contributed by atoms with Crippen LogP contribution < -0.4 is 5.73 Å². The molecule has 0 unspecified atom stereocenters. The van der Waals surface area contributed by atoms with Crippen LogP contribution in [0.5, 0.6) is 0 Å². The lowest BCUT2D eigenvalue weighted by Gasteiger charge is -2.42. The van der Waals surface area contributed by atoms with Gasteiger partial charge in [-0.3, -0.25) is 28.8 Å². The highest BCUT2D eigenvalue weighted by Gasteiger charge is 2.53. The fourth-order valence-corrected chi connectivity index (χ4v) is 18.1. The van der Waals surface area contributed by atoms with Gasteiger partial charge in [-0.15, -0.1) is 0 Å². The summed E-state index contributed by atoms with van der Waals surface area (Å²) >= 11 is 0. The molecule has 2 bridgehead atoms. The van der Waals surface area contributed by atoms with E-state index in [9.17, 15) is 43.8 Å². The maximum atomic E-state index is 14.7. The molecule has 10 rings (SSSR count). The lowest BCUT2D eigenvalue weighted by molar-refractivity contribution is -0.265. The quantitative estimate of drug-likeness (QED) is 0.0122. The van der Waals surface area contributed by atoms with Crippen LogP contribution in [0.4, 0.5) is 5.82 Å². The number of ketones is 3. The third-order valence-electron chi connectivity index (χ3n) is 26.2. The van der Waals surface area contributed by atoms with E-state index in [4.69, 9.17) is 96.1 Å². The highest BCUT2D eigenvalue weighted by atomic mass is 16.6. The Bertz CT molecular complexity index is 4700. The Kier molecular flexibility index (Phi) is 51.6. The van der Waals surface area contributed by atoms with E-state index in [1.54, 1.807) is 47.3 Å². The number of allylic oxidation sites excluding steroid dienone is 6. The Morgan fingerprint density at radius 1 is 0.650 bits per heavy atom. The van der Waals surface area contributed by atoms with E-state index in [0.717, 1.165) is 39.7 Å². The summed E-state index contributed by atoms with van der Waals surface area (Å²) in [5.74, 6) is -8.30. The van der Waals surface area contributed by atoms with Crippen LogP contribution in [-0.2, 0) is 138 Å². The minimum Gasteiger partial charge on any atom is -0.460 e. The second-order valence-electron chi connectivity index (χ2n) is 36.7. The molecule has 5 aromatic rings. The average molecular weight is 1970 g/mol. The number of aliphatic hydroxyl groups is 2. The van der Waals surface area contributed by atoms with Crippen LogP contribution in [0, 0.1) is 35.5 Å². The molecule has 36 heteroatoms. The number of nitrogens with zero attached hydrogens (tertiary/aromatic N) is 7. The minimum absolute atomic E-state index is 0.00341. The second-order valence-corrected chi connectivity index (χ2v) is 36.7. The number of cyclic esters (lactones) is 1. The van der Waals surface area contributed by atoms with Crippen LogP contribution in [0.1, 0.15) is 175 Å². The Hall–Kier alpha value is -8.61. The SMILES string of the molecule is CCOCCOCCOCCOCCOCCCC(=O)O[C@@H]1CC[C@@H](C[C@@H](C)[C@@H]2CC(=O)[C@H](C)/C=C(\C)[C@@H](O)[C@@H](OC)C(=O)[C@H](C)C[C@H](C)/C=C/C=C/C=C(\C)[C@@H](OC)C[C@@H]3CC[C@@H](C)[C@@](O)(O3)C(=O)C(=O)N3CCCC[C@H]3C(=O)O2)C[C@H]1OC.CCOCCOCCOCCOCCOCCOCCOCCC(=O)N1CCc2cc(Cn3nc(-c4cnc5[nH]ccc5c4)c4c(N)ncnc43)ccc2C1. The molecule has 1 saturated carbocycles. The first-order chi connectivity index (χ1) is 67.8. The first-order valence-electron chi connectivity index (χ1n) is 50.2. The van der Waals surface area contributed by atoms with E-state index in [1.807, 2.05) is 99.8 Å². The Balaban J connectivity index is 0.000000341. The number of benzene rings is 1. The molecule has 0 spiro atoms. The van der Waals surface area contributed by atoms with Gasteiger partial charge in [-0.25, -0.2) is 24.4 Å². The molecule has 2 amide bonds. The van der Waals surface area contributed by atoms with Crippen molar-refractivity contribution in [3.05, 3.63) is 113 Å². The number of Topliss-reactive ketones (excluding diaryl/α,β-unsaturated/α-hetero) is 3. The number of amides is 2. The van der Waals surface area contributed by atoms with Crippen molar-refractivity contribution in [1.82, 2.24) is 39.5 Å². The number of H-pyrrole nitrogens is 1. The molecule has 3 fully saturated rings. The van der Waals surface area contributed by atoms with Crippen LogP contribution in [-0.4, -0.2) is 338 Å². The average Bonchev–Trinajstić information content (AvgIpc) is 1.61. The molecule has 2 saturated heterocycles. The van der Waals surface area contributed by atoms with Gasteiger partial charge in [0.2, 0.25) is 11.7 Å². The fourth-order valence-electron chi connectivity index (χ4n) is 18.1. The number of carbonyl (C=O) groups excluding carboxylic acids is 7. The molecule has 36 nitrogen and oxygen atoms in total. The van der Waals surface area contributed by atoms with E-state index in [-0.39, 0.29) is 61.1 Å². The van der Waals surface area contributed by atoms with E-state index in [1.165, 1.54) is 23.9 Å². The largest absolute Gasteiger partial charge is 0.460 e. The van der Waals surface area contributed by atoms with Crippen LogP contribution in [0.3, 0.4) is 0 Å². The van der Waals surface area contributed by atoms with E-state index >= 15 is 0 Å². The van der Waals surface area contributed by atoms with Crippen molar-refractivity contribution in [2.75, 3.05) is 199 Å². The summed E-state index contributed by atoms with van der Waals surface area (Å²) in [5, 5.41) is 30.3. The molecule has 8 heterocycles. The van der Waals surface area contributed by atoms with Crippen molar-refractivity contribution < 1.29 is 129 Å². The van der Waals surface area contributed by atoms with Crippen molar-refractivity contribution in [2.45, 2.75) is 233 Å². The maximum absolute atomic E-state index is 14.7. The summed E-state index contributed by atoms with van der Waals surface area (Å²) in [5.41, 5.74) is 14.0. The van der Waals surface area contributed by atoms with Gasteiger partial charge in [-0.05, 0) is 162 Å². The number of nitrogens with one attached hydrogen (secondary N) is 1. The molecule has 15 atom stereocenters. The number of anilines is 1. The Morgan fingerprint density at radius 3 is 1.90 bits per heavy atom. The Morgan fingerprint density at radius 2 is 1.28 bits per heavy atom. The van der Waals surface area contributed by atoms with Crippen LogP contribution in [0.25, 0.3) is 33.3 Å². The topological polar surface area (TPSA) is 431 Å². The number of fused-ring (bicyclic) bond motifs is 6. The number of aromatic nitrogens is 6. The second kappa shape index (κ2) is 62.8. The zero-order valence-corrected chi connectivity index (χ0v) is 84.6. The Labute approximate surface area is 825 Å². The van der Waals surface area contributed by atoms with Gasteiger partial charge in [0, 0.05) is 121 Å². The summed E-state index contributed by atoms with van der Waals surface area (Å²) in [7, 11) is 4.52. The number of methoxy groups -OCH3 is 3. The first kappa shape index (κ1) is 115. The molecule has 780 valence electrons. The number of hydrogen-bond donors (Lipinski definition) is 4. The van der Waals surface area contributed by atoms with Gasteiger partial charge in [0.1, 0.15) is 59.7 Å². The van der Waals surface area contributed by atoms with Gasteiger partial charge in [-0.1, -0.05) is 89.3 Å². The molecule has 0 radical (unpaired) electrons. The molecule has 5 aliphatic rings. The van der Waals surface area contributed by atoms with Crippen molar-refractivity contribution in [1.29, 1.82) is 0 Å². The predicted molar refractivity (Wildman–Crippen MR) is 524 cm³/mol. The number of aliphatic hydroxyl groups excluding tert-OH is 1. The standard InChI is InChI=1S/C65H105NO19.C39H52N8O8/c1-12-78-29-30-80-33-34-82-36-35-81-32-31-79-28-18-22-58(68)83-54-26-24-50(40-57(54)76-10)39-46(5)56-42-53(67)45(4)38-48(7)60(70)61(77-11)59(69)47(6)37-43(2)19-14-13-15-20-44(3)55(75-9)41-51-25-23-49(8)65(74,85-51)62(71)63(72)66-27-17-16-21-52(66)64(73)84-56;1-2-49-11-12-51-15-16-53-19-20-55-22-21-54-18-17-52-14-13-50-10-7-34(48)46-9-6-30-23-29(3-4-32(30)27-46)26-47-39-35(37(40)43-28-44-39)36(45-47)33-24-31-5-8-41-38(31)42-25-33/h13-15,19-20,38,43,45-47,49-52,54-57,60-61,70,74H,12,16-18,21-37,39-42H2,1-11H3;3-5,8,23-25,28H,2,6-7,9-22,26-27H2,1H3,(H,41,42)(H2,40,43,44)/b15-13+,19-14+,44-20+,48-38+;/t43-,45-,46-,47-,49-,50+,51+,52+,54-,55+,56+,57-,60-,61+,65-;/m1./s1. The van der Waals surface area contributed by atoms with Crippen molar-refractivity contribution in [3.8, 4) is 11.3 Å². The maximum Gasteiger partial charge on any atom is 0.329 e. The molecule has 5 N–H and O–H groups in total. The van der Waals surface area contributed by atoms with Crippen LogP contribution in [0.2, 0.25) is 0 Å². The van der Waals surface area contributed by atoms with Gasteiger partial charge in [-0.2, -0.15) is 5.10 Å². The molecule has 140 heavy (non-hydrogen) atoms. The molecule has 1 aliphatic carbocycles.